The minimum Gasteiger partial charge on any atom is -0.384 e. The lowest BCUT2D eigenvalue weighted by Gasteiger charge is -2.31. The molecule has 34 heavy (non-hydrogen) atoms. The SMILES string of the molecule is Nc1cc(NC(=O)c2cccc(C(NC(=O)c3cc(C4CC4)on3)C3CCCCC3)c2)ccn1. The van der Waals surface area contributed by atoms with Crippen molar-refractivity contribution in [1.82, 2.24) is 15.5 Å². The van der Waals surface area contributed by atoms with Gasteiger partial charge in [-0.05, 0) is 55.4 Å². The van der Waals surface area contributed by atoms with E-state index < -0.39 is 0 Å². The molecule has 1 aromatic carbocycles. The van der Waals surface area contributed by atoms with Crippen molar-refractivity contribution in [2.75, 3.05) is 11.1 Å². The number of nitrogens with one attached hydrogen (secondary N) is 2. The highest BCUT2D eigenvalue weighted by Gasteiger charge is 2.31. The number of anilines is 2. The Kier molecular flexibility index (Phi) is 6.29. The van der Waals surface area contributed by atoms with E-state index in [9.17, 15) is 9.59 Å². The Bertz CT molecular complexity index is 1180. The van der Waals surface area contributed by atoms with Crippen molar-refractivity contribution in [2.45, 2.75) is 56.9 Å². The second-order valence-corrected chi connectivity index (χ2v) is 9.29. The van der Waals surface area contributed by atoms with Crippen LogP contribution in [-0.4, -0.2) is 22.0 Å². The van der Waals surface area contributed by atoms with E-state index >= 15 is 0 Å². The molecule has 1 unspecified atom stereocenters. The Balaban J connectivity index is 1.37. The van der Waals surface area contributed by atoms with Crippen molar-refractivity contribution in [3.8, 4) is 0 Å². The van der Waals surface area contributed by atoms with E-state index in [4.69, 9.17) is 10.3 Å². The van der Waals surface area contributed by atoms with Gasteiger partial charge < -0.3 is 20.9 Å². The molecule has 2 aromatic heterocycles. The molecule has 8 nitrogen and oxygen atoms in total. The van der Waals surface area contributed by atoms with Crippen molar-refractivity contribution in [3.05, 3.63) is 71.2 Å². The van der Waals surface area contributed by atoms with Gasteiger partial charge in [-0.25, -0.2) is 4.98 Å². The third-order valence-electron chi connectivity index (χ3n) is 6.70. The van der Waals surface area contributed by atoms with E-state index in [1.807, 2.05) is 18.2 Å². The van der Waals surface area contributed by atoms with Gasteiger partial charge >= 0.3 is 0 Å². The smallest absolute Gasteiger partial charge is 0.273 e. The summed E-state index contributed by atoms with van der Waals surface area (Å²) in [7, 11) is 0. The third-order valence-corrected chi connectivity index (χ3v) is 6.70. The van der Waals surface area contributed by atoms with Gasteiger partial charge in [0.1, 0.15) is 11.6 Å². The second-order valence-electron chi connectivity index (χ2n) is 9.29. The number of hydrogen-bond acceptors (Lipinski definition) is 6. The highest BCUT2D eigenvalue weighted by Crippen LogP contribution is 2.40. The van der Waals surface area contributed by atoms with Crippen LogP contribution in [0.5, 0.6) is 0 Å². The molecule has 2 amide bonds. The number of nitrogen functional groups attached to an aromatic ring is 1. The normalized spacial score (nSPS) is 17.2. The van der Waals surface area contributed by atoms with Crippen LogP contribution < -0.4 is 16.4 Å². The zero-order valence-corrected chi connectivity index (χ0v) is 19.0. The Morgan fingerprint density at radius 3 is 2.59 bits per heavy atom. The fourth-order valence-electron chi connectivity index (χ4n) is 4.72. The summed E-state index contributed by atoms with van der Waals surface area (Å²) >= 11 is 0. The second kappa shape index (κ2) is 9.67. The number of nitrogens with two attached hydrogens (primary N) is 1. The summed E-state index contributed by atoms with van der Waals surface area (Å²) in [6, 6.07) is 12.3. The monoisotopic (exact) mass is 459 g/mol. The lowest BCUT2D eigenvalue weighted by Crippen LogP contribution is -2.34. The molecule has 2 fully saturated rings. The van der Waals surface area contributed by atoms with E-state index in [2.05, 4.69) is 20.8 Å². The van der Waals surface area contributed by atoms with Gasteiger partial charge in [0.2, 0.25) is 0 Å². The van der Waals surface area contributed by atoms with Crippen molar-refractivity contribution in [3.63, 3.8) is 0 Å². The zero-order chi connectivity index (χ0) is 23.5. The van der Waals surface area contributed by atoms with Crippen LogP contribution in [0.3, 0.4) is 0 Å². The fraction of sp³-hybridized carbons (Fsp3) is 0.385. The molecule has 5 rings (SSSR count). The minimum absolute atomic E-state index is 0.210. The standard InChI is InChI=1S/C26H29N5O3/c27-23-14-20(11-12-28-23)29-25(32)19-8-4-7-18(13-19)24(17-5-2-1-3-6-17)30-26(33)21-15-22(34-31-21)16-9-10-16/h4,7-8,11-17,24H,1-3,5-6,9-10H2,(H,30,33)(H3,27,28,29,32). The number of aromatic nitrogens is 2. The van der Waals surface area contributed by atoms with Crippen LogP contribution in [0.2, 0.25) is 0 Å². The maximum Gasteiger partial charge on any atom is 0.273 e. The number of nitrogens with zero attached hydrogens (tertiary/aromatic N) is 2. The molecule has 2 aliphatic carbocycles. The van der Waals surface area contributed by atoms with Crippen LogP contribution >= 0.6 is 0 Å². The van der Waals surface area contributed by atoms with E-state index in [0.717, 1.165) is 49.8 Å². The quantitative estimate of drug-likeness (QED) is 0.465. The van der Waals surface area contributed by atoms with E-state index in [1.54, 1.807) is 30.5 Å². The lowest BCUT2D eigenvalue weighted by atomic mass is 9.80. The Morgan fingerprint density at radius 1 is 1.00 bits per heavy atom. The molecule has 3 aromatic rings. The highest BCUT2D eigenvalue weighted by molar-refractivity contribution is 6.04. The first kappa shape index (κ1) is 22.1. The molecular weight excluding hydrogens is 430 g/mol. The molecule has 2 heterocycles. The summed E-state index contributed by atoms with van der Waals surface area (Å²) in [5, 5.41) is 10.1. The number of carbonyl (C=O) groups excluding carboxylic acids is 2. The van der Waals surface area contributed by atoms with Gasteiger partial charge in [-0.1, -0.05) is 36.6 Å². The molecule has 0 bridgehead atoms. The number of rotatable bonds is 7. The predicted molar refractivity (Wildman–Crippen MR) is 128 cm³/mol. The Morgan fingerprint density at radius 2 is 1.82 bits per heavy atom. The molecule has 1 atom stereocenters. The minimum atomic E-state index is -0.244. The Labute approximate surface area is 198 Å². The van der Waals surface area contributed by atoms with Crippen molar-refractivity contribution < 1.29 is 14.1 Å². The summed E-state index contributed by atoms with van der Waals surface area (Å²) in [5.41, 5.74) is 8.04. The molecule has 2 saturated carbocycles. The van der Waals surface area contributed by atoms with Gasteiger partial charge in [0.05, 0.1) is 6.04 Å². The molecule has 0 saturated heterocycles. The van der Waals surface area contributed by atoms with Crippen LogP contribution in [0.25, 0.3) is 0 Å². The first-order valence-electron chi connectivity index (χ1n) is 12.0. The number of pyridine rings is 1. The van der Waals surface area contributed by atoms with Crippen LogP contribution in [-0.2, 0) is 0 Å². The predicted octanol–water partition coefficient (Wildman–Crippen LogP) is 4.83. The van der Waals surface area contributed by atoms with Crippen molar-refractivity contribution in [1.29, 1.82) is 0 Å². The van der Waals surface area contributed by atoms with Crippen LogP contribution in [0, 0.1) is 5.92 Å². The zero-order valence-electron chi connectivity index (χ0n) is 19.0. The average molecular weight is 460 g/mol. The van der Waals surface area contributed by atoms with E-state index in [0.29, 0.717) is 34.6 Å². The molecular formula is C26H29N5O3. The van der Waals surface area contributed by atoms with Crippen LogP contribution in [0.15, 0.2) is 53.2 Å². The fourth-order valence-corrected chi connectivity index (χ4v) is 4.72. The number of hydrogen-bond donors (Lipinski definition) is 3. The van der Waals surface area contributed by atoms with Gasteiger partial charge in [0.25, 0.3) is 11.8 Å². The van der Waals surface area contributed by atoms with Crippen molar-refractivity contribution in [2.24, 2.45) is 5.92 Å². The molecule has 0 radical (unpaired) electrons. The summed E-state index contributed by atoms with van der Waals surface area (Å²) < 4.78 is 5.38. The van der Waals surface area contributed by atoms with Crippen molar-refractivity contribution >= 4 is 23.3 Å². The molecule has 0 spiro atoms. The van der Waals surface area contributed by atoms with Gasteiger partial charge in [-0.15, -0.1) is 0 Å². The van der Waals surface area contributed by atoms with Gasteiger partial charge in [-0.2, -0.15) is 0 Å². The number of carbonyl (C=O) groups is 2. The lowest BCUT2D eigenvalue weighted by molar-refractivity contribution is 0.0903. The Hall–Kier alpha value is -3.68. The maximum atomic E-state index is 13.1. The topological polar surface area (TPSA) is 123 Å². The first-order chi connectivity index (χ1) is 16.6. The maximum absolute atomic E-state index is 13.1. The molecule has 4 N–H and O–H groups in total. The molecule has 2 aliphatic rings. The molecule has 0 aliphatic heterocycles. The summed E-state index contributed by atoms with van der Waals surface area (Å²) in [4.78, 5) is 29.9. The number of benzene rings is 1. The van der Waals surface area contributed by atoms with E-state index in [1.165, 1.54) is 6.42 Å². The first-order valence-corrected chi connectivity index (χ1v) is 12.0. The summed E-state index contributed by atoms with van der Waals surface area (Å²) in [6.07, 6.45) is 9.27. The largest absolute Gasteiger partial charge is 0.384 e. The molecule has 8 heteroatoms. The van der Waals surface area contributed by atoms with Gasteiger partial charge in [-0.3, -0.25) is 9.59 Å². The van der Waals surface area contributed by atoms with Crippen LogP contribution in [0.1, 0.15) is 89.1 Å². The number of amides is 2. The average Bonchev–Trinajstić information content (AvgIpc) is 3.59. The summed E-state index contributed by atoms with van der Waals surface area (Å²) in [6.45, 7) is 0. The van der Waals surface area contributed by atoms with Gasteiger partial charge in [0.15, 0.2) is 5.69 Å². The molecule has 176 valence electrons. The summed E-state index contributed by atoms with van der Waals surface area (Å²) in [5.74, 6) is 1.33. The highest BCUT2D eigenvalue weighted by atomic mass is 16.5. The van der Waals surface area contributed by atoms with Gasteiger partial charge in [0, 0.05) is 35.5 Å². The third kappa shape index (κ3) is 5.11. The van der Waals surface area contributed by atoms with E-state index in [-0.39, 0.29) is 17.9 Å². The van der Waals surface area contributed by atoms with Crippen LogP contribution in [0.4, 0.5) is 11.5 Å².